The van der Waals surface area contributed by atoms with Crippen molar-refractivity contribution in [1.29, 1.82) is 0 Å². The molecular weight excluding hydrogens is 661 g/mol. The van der Waals surface area contributed by atoms with Crippen LogP contribution in [0.3, 0.4) is 0 Å². The van der Waals surface area contributed by atoms with Crippen LogP contribution in [-0.2, 0) is 5.41 Å². The van der Waals surface area contributed by atoms with Gasteiger partial charge in [-0.2, -0.15) is 0 Å². The van der Waals surface area contributed by atoms with Crippen molar-refractivity contribution in [1.82, 2.24) is 0 Å². The van der Waals surface area contributed by atoms with E-state index in [0.29, 0.717) is 0 Å². The van der Waals surface area contributed by atoms with Gasteiger partial charge in [-0.15, -0.1) is 0 Å². The van der Waals surface area contributed by atoms with Gasteiger partial charge in [-0.1, -0.05) is 170 Å². The minimum absolute atomic E-state index is 0.405. The summed E-state index contributed by atoms with van der Waals surface area (Å²) < 4.78 is 0. The van der Waals surface area contributed by atoms with Crippen molar-refractivity contribution in [3.05, 3.63) is 216 Å². The van der Waals surface area contributed by atoms with Crippen LogP contribution in [-0.4, -0.2) is 0 Å². The third-order valence-electron chi connectivity index (χ3n) is 13.0. The lowest BCUT2D eigenvalue weighted by molar-refractivity contribution is 0.802. The van der Waals surface area contributed by atoms with Crippen LogP contribution in [0.15, 0.2) is 194 Å². The monoisotopic (exact) mass is 692 g/mol. The second-order valence-corrected chi connectivity index (χ2v) is 15.5. The number of fused-ring (bicyclic) bond motifs is 16. The van der Waals surface area contributed by atoms with Gasteiger partial charge in [-0.25, -0.2) is 0 Å². The van der Waals surface area contributed by atoms with Gasteiger partial charge >= 0.3 is 0 Å². The molecule has 0 aromatic heterocycles. The highest BCUT2D eigenvalue weighted by Gasteiger charge is 2.52. The molecule has 252 valence electrons. The Morgan fingerprint density at radius 1 is 0.255 bits per heavy atom. The summed E-state index contributed by atoms with van der Waals surface area (Å²) in [7, 11) is 0. The van der Waals surface area contributed by atoms with Crippen molar-refractivity contribution in [2.45, 2.75) is 5.41 Å². The summed E-state index contributed by atoms with van der Waals surface area (Å²) in [6.07, 6.45) is 0. The van der Waals surface area contributed by atoms with E-state index < -0.39 is 5.41 Å². The maximum absolute atomic E-state index is 2.52. The van der Waals surface area contributed by atoms with Gasteiger partial charge in [0.1, 0.15) is 0 Å². The lowest BCUT2D eigenvalue weighted by Crippen LogP contribution is -2.26. The SMILES string of the molecule is c1cc(-c2ccc3cc4c(cc3c2)C2(c3ccccc3-c3ccccc32)c2c-4ccc3ccccc23)cc(-c2ccc3c4c(cccc24)-c2ccccc2-3)c1. The first-order valence-electron chi connectivity index (χ1n) is 19.3. The summed E-state index contributed by atoms with van der Waals surface area (Å²) in [4.78, 5) is 0. The minimum atomic E-state index is -0.405. The van der Waals surface area contributed by atoms with E-state index in [1.165, 1.54) is 121 Å². The fourth-order valence-electron chi connectivity index (χ4n) is 10.8. The highest BCUT2D eigenvalue weighted by Crippen LogP contribution is 2.64. The third kappa shape index (κ3) is 3.71. The van der Waals surface area contributed by atoms with Gasteiger partial charge < -0.3 is 0 Å². The van der Waals surface area contributed by atoms with E-state index in [1.54, 1.807) is 0 Å². The van der Waals surface area contributed by atoms with Crippen LogP contribution in [0.1, 0.15) is 22.3 Å². The van der Waals surface area contributed by atoms with Gasteiger partial charge in [0.2, 0.25) is 0 Å². The van der Waals surface area contributed by atoms with E-state index in [2.05, 4.69) is 194 Å². The highest BCUT2D eigenvalue weighted by atomic mass is 14.5. The Morgan fingerprint density at radius 2 is 0.836 bits per heavy atom. The molecule has 0 fully saturated rings. The standard InChI is InChI=1S/C55H32/c1-2-14-40-33(11-1)25-26-48-49-31-36-24-23-35(30-38(36)32-52(49)55(54(40)48)50-21-7-5-17-43(50)44-18-6-8-22-51(44)55)34-12-9-13-37(29-34)39-27-28-47-42-16-4-3-15-41(42)46-20-10-19-45(39)53(46)47/h1-32H. The molecular formula is C55H32. The molecule has 0 saturated heterocycles. The summed E-state index contributed by atoms with van der Waals surface area (Å²) in [5.74, 6) is 0. The molecule has 0 nitrogen and oxygen atoms in total. The summed E-state index contributed by atoms with van der Waals surface area (Å²) >= 11 is 0. The predicted molar refractivity (Wildman–Crippen MR) is 231 cm³/mol. The van der Waals surface area contributed by atoms with Gasteiger partial charge in [0.25, 0.3) is 0 Å². The molecule has 0 aliphatic heterocycles. The maximum Gasteiger partial charge on any atom is 0.0731 e. The van der Waals surface area contributed by atoms with E-state index in [0.717, 1.165) is 0 Å². The molecule has 0 N–H and O–H groups in total. The van der Waals surface area contributed by atoms with E-state index in [1.807, 2.05) is 0 Å². The summed E-state index contributed by atoms with van der Waals surface area (Å²) in [5.41, 5.74) is 20.8. The Morgan fingerprint density at radius 3 is 1.65 bits per heavy atom. The number of hydrogen-bond donors (Lipinski definition) is 0. The molecule has 10 aromatic rings. The van der Waals surface area contributed by atoms with Crippen LogP contribution in [0.2, 0.25) is 0 Å². The van der Waals surface area contributed by atoms with Gasteiger partial charge in [0.05, 0.1) is 5.41 Å². The van der Waals surface area contributed by atoms with Gasteiger partial charge in [0, 0.05) is 0 Å². The number of hydrogen-bond acceptors (Lipinski definition) is 0. The van der Waals surface area contributed by atoms with Crippen molar-refractivity contribution in [3.8, 4) is 66.8 Å². The smallest absolute Gasteiger partial charge is 0.0619 e. The average Bonchev–Trinajstić information content (AvgIpc) is 3.85. The van der Waals surface area contributed by atoms with E-state index in [-0.39, 0.29) is 0 Å². The van der Waals surface area contributed by atoms with Crippen LogP contribution in [0.4, 0.5) is 0 Å². The number of benzene rings is 10. The Hall–Kier alpha value is -7.02. The van der Waals surface area contributed by atoms with E-state index in [4.69, 9.17) is 0 Å². The van der Waals surface area contributed by atoms with Crippen LogP contribution in [0, 0.1) is 0 Å². The topological polar surface area (TPSA) is 0 Å². The van der Waals surface area contributed by atoms with E-state index >= 15 is 0 Å². The maximum atomic E-state index is 2.52. The van der Waals surface area contributed by atoms with Crippen LogP contribution in [0.25, 0.3) is 99.1 Å². The summed E-state index contributed by atoms with van der Waals surface area (Å²) in [6, 6.07) is 73.3. The minimum Gasteiger partial charge on any atom is -0.0619 e. The van der Waals surface area contributed by atoms with Crippen LogP contribution in [0.5, 0.6) is 0 Å². The Bertz CT molecular complexity index is 3250. The fraction of sp³-hybridized carbons (Fsp3) is 0.0182. The molecule has 0 atom stereocenters. The van der Waals surface area contributed by atoms with Crippen LogP contribution >= 0.6 is 0 Å². The van der Waals surface area contributed by atoms with Crippen molar-refractivity contribution in [3.63, 3.8) is 0 Å². The molecule has 55 heavy (non-hydrogen) atoms. The third-order valence-corrected chi connectivity index (χ3v) is 13.0. The summed E-state index contributed by atoms with van der Waals surface area (Å²) in [5, 5.41) is 7.82. The van der Waals surface area contributed by atoms with Gasteiger partial charge in [-0.05, 0) is 146 Å². The first-order valence-corrected chi connectivity index (χ1v) is 19.3. The molecule has 0 saturated carbocycles. The molecule has 0 unspecified atom stereocenters. The second kappa shape index (κ2) is 10.6. The Balaban J connectivity index is 1.01. The van der Waals surface area contributed by atoms with Gasteiger partial charge in [0.15, 0.2) is 0 Å². The largest absolute Gasteiger partial charge is 0.0731 e. The van der Waals surface area contributed by atoms with Crippen molar-refractivity contribution in [2.75, 3.05) is 0 Å². The normalized spacial score (nSPS) is 13.6. The number of rotatable bonds is 2. The quantitative estimate of drug-likeness (QED) is 0.169. The highest BCUT2D eigenvalue weighted by molar-refractivity contribution is 6.18. The molecule has 0 heterocycles. The molecule has 0 bridgehead atoms. The van der Waals surface area contributed by atoms with Crippen molar-refractivity contribution >= 4 is 32.3 Å². The fourth-order valence-corrected chi connectivity index (χ4v) is 10.8. The zero-order chi connectivity index (χ0) is 35.8. The van der Waals surface area contributed by atoms with Gasteiger partial charge in [-0.3, -0.25) is 0 Å². The zero-order valence-corrected chi connectivity index (χ0v) is 30.0. The lowest BCUT2D eigenvalue weighted by Gasteiger charge is -2.31. The molecule has 0 heteroatoms. The van der Waals surface area contributed by atoms with E-state index in [9.17, 15) is 0 Å². The van der Waals surface area contributed by atoms with Crippen LogP contribution < -0.4 is 0 Å². The molecule has 0 amide bonds. The second-order valence-electron chi connectivity index (χ2n) is 15.5. The lowest BCUT2D eigenvalue weighted by atomic mass is 9.69. The average molecular weight is 693 g/mol. The first kappa shape index (κ1) is 29.4. The summed E-state index contributed by atoms with van der Waals surface area (Å²) in [6.45, 7) is 0. The van der Waals surface area contributed by atoms with Crippen molar-refractivity contribution in [2.24, 2.45) is 0 Å². The predicted octanol–water partition coefficient (Wildman–Crippen LogP) is 14.5. The Kier molecular flexibility index (Phi) is 5.65. The molecule has 0 radical (unpaired) electrons. The molecule has 10 aromatic carbocycles. The molecule has 3 aliphatic rings. The zero-order valence-electron chi connectivity index (χ0n) is 30.0. The molecule has 3 aliphatic carbocycles. The molecule has 13 rings (SSSR count). The first-order chi connectivity index (χ1) is 27.3. The Labute approximate surface area is 319 Å². The van der Waals surface area contributed by atoms with Crippen molar-refractivity contribution < 1.29 is 0 Å². The molecule has 1 spiro atoms.